The Labute approximate surface area is 109 Å². The van der Waals surface area contributed by atoms with Crippen LogP contribution < -0.4 is 5.32 Å². The molecule has 1 aromatic carbocycles. The van der Waals surface area contributed by atoms with Crippen LogP contribution in [-0.2, 0) is 6.54 Å². The summed E-state index contributed by atoms with van der Waals surface area (Å²) in [4.78, 5) is 0. The van der Waals surface area contributed by atoms with Crippen LogP contribution in [0.2, 0.25) is 0 Å². The van der Waals surface area contributed by atoms with Crippen molar-refractivity contribution in [3.8, 4) is 6.07 Å². The molecule has 3 heteroatoms. The quantitative estimate of drug-likeness (QED) is 0.748. The van der Waals surface area contributed by atoms with Gasteiger partial charge in [-0.05, 0) is 37.1 Å². The molecule has 2 nitrogen and oxygen atoms in total. The summed E-state index contributed by atoms with van der Waals surface area (Å²) in [6.45, 7) is 5.82. The summed E-state index contributed by atoms with van der Waals surface area (Å²) in [7, 11) is 0. The molecule has 0 amide bonds. The predicted molar refractivity (Wildman–Crippen MR) is 71.5 cm³/mol. The van der Waals surface area contributed by atoms with E-state index in [0.717, 1.165) is 18.9 Å². The van der Waals surface area contributed by atoms with Crippen LogP contribution in [0.1, 0.15) is 44.2 Å². The van der Waals surface area contributed by atoms with Crippen LogP contribution >= 0.6 is 0 Å². The van der Waals surface area contributed by atoms with Gasteiger partial charge in [0, 0.05) is 12.1 Å². The summed E-state index contributed by atoms with van der Waals surface area (Å²) >= 11 is 0. The number of benzene rings is 1. The van der Waals surface area contributed by atoms with Crippen molar-refractivity contribution in [1.29, 1.82) is 5.26 Å². The Morgan fingerprint density at radius 1 is 1.33 bits per heavy atom. The summed E-state index contributed by atoms with van der Waals surface area (Å²) < 4.78 is 13.4. The van der Waals surface area contributed by atoms with E-state index >= 15 is 0 Å². The standard InChI is InChI=1S/C15H21FN2/c1-12(2)5-3-4-8-18-11-14-9-13(10-17)6-7-15(14)16/h6-7,9,12,18H,3-5,8,11H2,1-2H3. The van der Waals surface area contributed by atoms with Gasteiger partial charge in [-0.25, -0.2) is 4.39 Å². The van der Waals surface area contributed by atoms with Crippen LogP contribution in [0.15, 0.2) is 18.2 Å². The predicted octanol–water partition coefficient (Wildman–Crippen LogP) is 3.61. The molecule has 0 saturated carbocycles. The van der Waals surface area contributed by atoms with E-state index in [0.29, 0.717) is 17.7 Å². The Bertz CT molecular complexity index is 407. The van der Waals surface area contributed by atoms with Gasteiger partial charge in [0.05, 0.1) is 11.6 Å². The molecule has 0 heterocycles. The van der Waals surface area contributed by atoms with E-state index in [1.807, 2.05) is 6.07 Å². The highest BCUT2D eigenvalue weighted by atomic mass is 19.1. The fraction of sp³-hybridized carbons (Fsp3) is 0.533. The van der Waals surface area contributed by atoms with E-state index in [9.17, 15) is 4.39 Å². The molecule has 0 radical (unpaired) electrons. The number of unbranched alkanes of at least 4 members (excludes halogenated alkanes) is 1. The SMILES string of the molecule is CC(C)CCCCNCc1cc(C#N)ccc1F. The topological polar surface area (TPSA) is 35.8 Å². The Kier molecular flexibility index (Phi) is 6.38. The molecule has 0 saturated heterocycles. The number of nitriles is 1. The van der Waals surface area contributed by atoms with Gasteiger partial charge in [0.1, 0.15) is 5.82 Å². The summed E-state index contributed by atoms with van der Waals surface area (Å²) in [5.74, 6) is 0.499. The van der Waals surface area contributed by atoms with Crippen molar-refractivity contribution in [3.05, 3.63) is 35.1 Å². The second-order valence-electron chi connectivity index (χ2n) is 4.98. The number of nitrogens with zero attached hydrogens (tertiary/aromatic N) is 1. The first kappa shape index (κ1) is 14.7. The van der Waals surface area contributed by atoms with E-state index in [4.69, 9.17) is 5.26 Å². The first-order valence-corrected chi connectivity index (χ1v) is 6.52. The van der Waals surface area contributed by atoms with Gasteiger partial charge < -0.3 is 5.32 Å². The number of halogens is 1. The van der Waals surface area contributed by atoms with Crippen molar-refractivity contribution in [2.75, 3.05) is 6.54 Å². The molecule has 1 aromatic rings. The highest BCUT2D eigenvalue weighted by molar-refractivity contribution is 5.33. The van der Waals surface area contributed by atoms with Gasteiger partial charge in [0.15, 0.2) is 0 Å². The Morgan fingerprint density at radius 2 is 2.11 bits per heavy atom. The molecule has 18 heavy (non-hydrogen) atoms. The zero-order valence-electron chi connectivity index (χ0n) is 11.2. The van der Waals surface area contributed by atoms with Crippen LogP contribution in [0, 0.1) is 23.1 Å². The minimum atomic E-state index is -0.247. The van der Waals surface area contributed by atoms with E-state index in [-0.39, 0.29) is 5.82 Å². The molecular weight excluding hydrogens is 227 g/mol. The van der Waals surface area contributed by atoms with Crippen molar-refractivity contribution < 1.29 is 4.39 Å². The fourth-order valence-electron chi connectivity index (χ4n) is 1.81. The van der Waals surface area contributed by atoms with Crippen LogP contribution in [0.25, 0.3) is 0 Å². The number of rotatable bonds is 7. The van der Waals surface area contributed by atoms with Gasteiger partial charge in [-0.1, -0.05) is 26.7 Å². The Morgan fingerprint density at radius 3 is 2.78 bits per heavy atom. The van der Waals surface area contributed by atoms with Crippen molar-refractivity contribution in [1.82, 2.24) is 5.32 Å². The summed E-state index contributed by atoms with van der Waals surface area (Å²) in [6, 6.07) is 6.49. The maximum Gasteiger partial charge on any atom is 0.127 e. The van der Waals surface area contributed by atoms with Gasteiger partial charge in [0.25, 0.3) is 0 Å². The second kappa shape index (κ2) is 7.84. The molecule has 0 aliphatic rings. The Balaban J connectivity index is 2.29. The smallest absolute Gasteiger partial charge is 0.127 e. The Hall–Kier alpha value is -1.40. The third kappa shape index (κ3) is 5.29. The molecule has 0 atom stereocenters. The first-order valence-electron chi connectivity index (χ1n) is 6.52. The maximum absolute atomic E-state index is 13.4. The normalized spacial score (nSPS) is 10.6. The van der Waals surface area contributed by atoms with Gasteiger partial charge in [-0.15, -0.1) is 0 Å². The lowest BCUT2D eigenvalue weighted by Gasteiger charge is -2.07. The molecule has 0 bridgehead atoms. The lowest BCUT2D eigenvalue weighted by molar-refractivity contribution is 0.516. The average molecular weight is 248 g/mol. The largest absolute Gasteiger partial charge is 0.313 e. The van der Waals surface area contributed by atoms with Gasteiger partial charge in [0.2, 0.25) is 0 Å². The number of hydrogen-bond donors (Lipinski definition) is 1. The minimum Gasteiger partial charge on any atom is -0.313 e. The van der Waals surface area contributed by atoms with Gasteiger partial charge >= 0.3 is 0 Å². The molecule has 0 unspecified atom stereocenters. The zero-order valence-corrected chi connectivity index (χ0v) is 11.2. The van der Waals surface area contributed by atoms with Gasteiger partial charge in [-0.3, -0.25) is 0 Å². The first-order chi connectivity index (χ1) is 8.63. The molecule has 0 aromatic heterocycles. The second-order valence-corrected chi connectivity index (χ2v) is 4.98. The zero-order chi connectivity index (χ0) is 13.4. The monoisotopic (exact) mass is 248 g/mol. The molecule has 0 fully saturated rings. The third-order valence-electron chi connectivity index (χ3n) is 2.88. The van der Waals surface area contributed by atoms with Crippen molar-refractivity contribution >= 4 is 0 Å². The van der Waals surface area contributed by atoms with Crippen LogP contribution in [-0.4, -0.2) is 6.54 Å². The van der Waals surface area contributed by atoms with Crippen molar-refractivity contribution in [3.63, 3.8) is 0 Å². The molecule has 0 aliphatic heterocycles. The fourth-order valence-corrected chi connectivity index (χ4v) is 1.81. The molecular formula is C15H21FN2. The summed E-state index contributed by atoms with van der Waals surface area (Å²) in [6.07, 6.45) is 3.54. The van der Waals surface area contributed by atoms with Crippen LogP contribution in [0.3, 0.4) is 0 Å². The molecule has 1 N–H and O–H groups in total. The lowest BCUT2D eigenvalue weighted by atomic mass is 10.1. The molecule has 0 spiro atoms. The number of nitrogens with one attached hydrogen (secondary N) is 1. The highest BCUT2D eigenvalue weighted by Crippen LogP contribution is 2.10. The van der Waals surface area contributed by atoms with E-state index in [1.54, 1.807) is 6.07 Å². The molecule has 98 valence electrons. The summed E-state index contributed by atoms with van der Waals surface area (Å²) in [5.41, 5.74) is 1.07. The average Bonchev–Trinajstić information content (AvgIpc) is 2.35. The number of hydrogen-bond acceptors (Lipinski definition) is 2. The van der Waals surface area contributed by atoms with Crippen LogP contribution in [0.5, 0.6) is 0 Å². The van der Waals surface area contributed by atoms with E-state index in [2.05, 4.69) is 19.2 Å². The van der Waals surface area contributed by atoms with Gasteiger partial charge in [-0.2, -0.15) is 5.26 Å². The van der Waals surface area contributed by atoms with E-state index < -0.39 is 0 Å². The molecule has 1 rings (SSSR count). The van der Waals surface area contributed by atoms with E-state index in [1.165, 1.54) is 25.0 Å². The van der Waals surface area contributed by atoms with Crippen LogP contribution in [0.4, 0.5) is 4.39 Å². The van der Waals surface area contributed by atoms with Crippen molar-refractivity contribution in [2.45, 2.75) is 39.7 Å². The third-order valence-corrected chi connectivity index (χ3v) is 2.88. The van der Waals surface area contributed by atoms with Crippen molar-refractivity contribution in [2.24, 2.45) is 5.92 Å². The molecule has 0 aliphatic carbocycles. The summed E-state index contributed by atoms with van der Waals surface area (Å²) in [5, 5.41) is 12.0. The minimum absolute atomic E-state index is 0.247. The highest BCUT2D eigenvalue weighted by Gasteiger charge is 2.03. The maximum atomic E-state index is 13.4. The lowest BCUT2D eigenvalue weighted by Crippen LogP contribution is -2.15.